The Labute approximate surface area is 107 Å². The first-order valence-electron chi connectivity index (χ1n) is 6.27. The number of anilines is 1. The summed E-state index contributed by atoms with van der Waals surface area (Å²) in [5, 5.41) is 3.14. The van der Waals surface area contributed by atoms with Gasteiger partial charge in [-0.2, -0.15) is 0 Å². The molecule has 98 valence electrons. The lowest BCUT2D eigenvalue weighted by atomic mass is 10.1. The second-order valence-electron chi connectivity index (χ2n) is 4.41. The molecule has 4 N–H and O–H groups in total. The zero-order chi connectivity index (χ0) is 12.8. The number of para-hydroxylation sites is 1. The summed E-state index contributed by atoms with van der Waals surface area (Å²) in [5.41, 5.74) is 3.54. The molecular weight excluding hydrogens is 228 g/mol. The predicted octanol–water partition coefficient (Wildman–Crippen LogP) is 1.49. The van der Waals surface area contributed by atoms with Crippen LogP contribution in [-0.4, -0.2) is 24.7 Å². The molecule has 5 nitrogen and oxygen atoms in total. The number of hydrogen-bond acceptors (Lipinski definition) is 3. The number of ether oxygens (including phenoxy) is 1. The molecule has 1 aromatic rings. The van der Waals surface area contributed by atoms with Gasteiger partial charge in [0.1, 0.15) is 0 Å². The Bertz CT molecular complexity index is 387. The van der Waals surface area contributed by atoms with Gasteiger partial charge in [-0.1, -0.05) is 18.2 Å². The lowest BCUT2D eigenvalue weighted by molar-refractivity contribution is 0.0952. The molecule has 1 aliphatic heterocycles. The molecule has 1 heterocycles. The van der Waals surface area contributed by atoms with E-state index in [0.29, 0.717) is 5.96 Å². The van der Waals surface area contributed by atoms with Crippen molar-refractivity contribution >= 4 is 11.6 Å². The predicted molar refractivity (Wildman–Crippen MR) is 73.3 cm³/mol. The van der Waals surface area contributed by atoms with Crippen LogP contribution < -0.4 is 16.6 Å². The van der Waals surface area contributed by atoms with Crippen molar-refractivity contribution in [2.24, 2.45) is 10.8 Å². The number of nitrogens with zero attached hydrogens (tertiary/aromatic N) is 1. The number of nitrogens with two attached hydrogens (primary N) is 1. The molecule has 0 radical (unpaired) electrons. The third kappa shape index (κ3) is 3.45. The highest BCUT2D eigenvalue weighted by atomic mass is 16.5. The van der Waals surface area contributed by atoms with Gasteiger partial charge in [0, 0.05) is 12.3 Å². The standard InChI is InChI=1S/C13H20N4O/c1-10(12-8-5-9-18-12)15-13(17-14)16-11-6-3-2-4-7-11/h2-4,6-7,10,12H,5,8-9,14H2,1H3,(H2,15,16,17). The highest BCUT2D eigenvalue weighted by molar-refractivity contribution is 5.93. The van der Waals surface area contributed by atoms with Gasteiger partial charge in [-0.15, -0.1) is 0 Å². The highest BCUT2D eigenvalue weighted by Crippen LogP contribution is 2.17. The first-order chi connectivity index (χ1) is 8.79. The first kappa shape index (κ1) is 12.9. The molecule has 0 amide bonds. The Morgan fingerprint density at radius 2 is 2.22 bits per heavy atom. The summed E-state index contributed by atoms with van der Waals surface area (Å²) in [6.45, 7) is 2.88. The van der Waals surface area contributed by atoms with Gasteiger partial charge < -0.3 is 10.1 Å². The molecule has 1 aromatic carbocycles. The molecule has 2 atom stereocenters. The van der Waals surface area contributed by atoms with E-state index in [1.165, 1.54) is 0 Å². The monoisotopic (exact) mass is 248 g/mol. The molecule has 18 heavy (non-hydrogen) atoms. The van der Waals surface area contributed by atoms with Gasteiger partial charge in [0.25, 0.3) is 0 Å². The van der Waals surface area contributed by atoms with Crippen LogP contribution in [0.4, 0.5) is 5.69 Å². The van der Waals surface area contributed by atoms with Crippen LogP contribution in [-0.2, 0) is 4.74 Å². The van der Waals surface area contributed by atoms with E-state index in [4.69, 9.17) is 10.6 Å². The van der Waals surface area contributed by atoms with Gasteiger partial charge in [-0.05, 0) is 31.9 Å². The summed E-state index contributed by atoms with van der Waals surface area (Å²) >= 11 is 0. The molecular formula is C13H20N4O. The number of hydrogen-bond donors (Lipinski definition) is 3. The van der Waals surface area contributed by atoms with Crippen molar-refractivity contribution in [2.45, 2.75) is 31.9 Å². The van der Waals surface area contributed by atoms with E-state index >= 15 is 0 Å². The van der Waals surface area contributed by atoms with Crippen molar-refractivity contribution in [2.75, 3.05) is 11.9 Å². The number of nitrogens with one attached hydrogen (secondary N) is 2. The van der Waals surface area contributed by atoms with E-state index in [9.17, 15) is 0 Å². The average molecular weight is 248 g/mol. The van der Waals surface area contributed by atoms with Crippen LogP contribution in [0.5, 0.6) is 0 Å². The molecule has 1 aliphatic rings. The van der Waals surface area contributed by atoms with Crippen LogP contribution in [0.25, 0.3) is 0 Å². The molecule has 0 saturated carbocycles. The van der Waals surface area contributed by atoms with Crippen LogP contribution in [0.2, 0.25) is 0 Å². The van der Waals surface area contributed by atoms with Crippen LogP contribution in [0.1, 0.15) is 19.8 Å². The number of aliphatic imine (C=N–C) groups is 1. The second kappa shape index (κ2) is 6.37. The van der Waals surface area contributed by atoms with E-state index in [-0.39, 0.29) is 12.1 Å². The highest BCUT2D eigenvalue weighted by Gasteiger charge is 2.22. The Morgan fingerprint density at radius 1 is 1.44 bits per heavy atom. The van der Waals surface area contributed by atoms with E-state index < -0.39 is 0 Å². The van der Waals surface area contributed by atoms with Crippen molar-refractivity contribution in [1.29, 1.82) is 0 Å². The molecule has 0 aliphatic carbocycles. The van der Waals surface area contributed by atoms with E-state index in [1.54, 1.807) is 0 Å². The first-order valence-corrected chi connectivity index (χ1v) is 6.27. The van der Waals surface area contributed by atoms with E-state index in [1.807, 2.05) is 37.3 Å². The summed E-state index contributed by atoms with van der Waals surface area (Å²) in [5.74, 6) is 6.04. The molecule has 1 saturated heterocycles. The average Bonchev–Trinajstić information content (AvgIpc) is 2.93. The fourth-order valence-corrected chi connectivity index (χ4v) is 2.03. The normalized spacial score (nSPS) is 21.7. The van der Waals surface area contributed by atoms with Gasteiger partial charge in [0.05, 0.1) is 12.1 Å². The minimum Gasteiger partial charge on any atom is -0.376 e. The minimum atomic E-state index is 0.0924. The molecule has 0 bridgehead atoms. The SMILES string of the molecule is CC(N=C(NN)Nc1ccccc1)C1CCCO1. The van der Waals surface area contributed by atoms with Crippen molar-refractivity contribution in [3.8, 4) is 0 Å². The smallest absolute Gasteiger partial charge is 0.210 e. The van der Waals surface area contributed by atoms with Crippen LogP contribution in [0.3, 0.4) is 0 Å². The number of rotatable bonds is 3. The maximum Gasteiger partial charge on any atom is 0.210 e. The summed E-state index contributed by atoms with van der Waals surface area (Å²) in [6.07, 6.45) is 2.38. The third-order valence-electron chi connectivity index (χ3n) is 3.01. The van der Waals surface area contributed by atoms with Crippen LogP contribution in [0, 0.1) is 0 Å². The maximum atomic E-state index is 5.61. The third-order valence-corrected chi connectivity index (χ3v) is 3.01. The van der Waals surface area contributed by atoms with Crippen LogP contribution in [0.15, 0.2) is 35.3 Å². The van der Waals surface area contributed by atoms with Crippen molar-refractivity contribution < 1.29 is 4.74 Å². The molecule has 5 heteroatoms. The quantitative estimate of drug-likeness (QED) is 0.328. The Kier molecular flexibility index (Phi) is 4.55. The van der Waals surface area contributed by atoms with E-state index in [2.05, 4.69) is 15.7 Å². The number of benzene rings is 1. The van der Waals surface area contributed by atoms with Gasteiger partial charge in [0.2, 0.25) is 5.96 Å². The van der Waals surface area contributed by atoms with Crippen LogP contribution >= 0.6 is 0 Å². The lowest BCUT2D eigenvalue weighted by Crippen LogP contribution is -2.38. The fourth-order valence-electron chi connectivity index (χ4n) is 2.03. The topological polar surface area (TPSA) is 71.7 Å². The summed E-state index contributed by atoms with van der Waals surface area (Å²) < 4.78 is 5.61. The molecule has 2 rings (SSSR count). The van der Waals surface area contributed by atoms with Crippen molar-refractivity contribution in [3.63, 3.8) is 0 Å². The minimum absolute atomic E-state index is 0.0924. The zero-order valence-corrected chi connectivity index (χ0v) is 10.6. The molecule has 0 aromatic heterocycles. The van der Waals surface area contributed by atoms with Crippen molar-refractivity contribution in [3.05, 3.63) is 30.3 Å². The second-order valence-corrected chi connectivity index (χ2v) is 4.41. The summed E-state index contributed by atoms with van der Waals surface area (Å²) in [6, 6.07) is 9.90. The summed E-state index contributed by atoms with van der Waals surface area (Å²) in [4.78, 5) is 4.52. The van der Waals surface area contributed by atoms with E-state index in [0.717, 1.165) is 25.1 Å². The van der Waals surface area contributed by atoms with Crippen molar-refractivity contribution in [1.82, 2.24) is 5.43 Å². The van der Waals surface area contributed by atoms with Gasteiger partial charge in [0.15, 0.2) is 0 Å². The summed E-state index contributed by atoms with van der Waals surface area (Å²) in [7, 11) is 0. The lowest BCUT2D eigenvalue weighted by Gasteiger charge is -2.17. The Hall–Kier alpha value is -1.59. The Morgan fingerprint density at radius 3 is 2.83 bits per heavy atom. The van der Waals surface area contributed by atoms with Gasteiger partial charge in [-0.3, -0.25) is 5.43 Å². The molecule has 0 spiro atoms. The zero-order valence-electron chi connectivity index (χ0n) is 10.6. The fraction of sp³-hybridized carbons (Fsp3) is 0.462. The Balaban J connectivity index is 1.98. The maximum absolute atomic E-state index is 5.61. The van der Waals surface area contributed by atoms with Gasteiger partial charge >= 0.3 is 0 Å². The number of hydrazine groups is 1. The molecule has 1 fully saturated rings. The van der Waals surface area contributed by atoms with Gasteiger partial charge in [-0.25, -0.2) is 10.8 Å². The largest absolute Gasteiger partial charge is 0.376 e. The number of guanidine groups is 1. The molecule has 2 unspecified atom stereocenters.